The van der Waals surface area contributed by atoms with Gasteiger partial charge in [-0.15, -0.1) is 0 Å². The predicted molar refractivity (Wildman–Crippen MR) is 117 cm³/mol. The minimum absolute atomic E-state index is 0.107. The molecule has 3 N–H and O–H groups in total. The first-order valence-corrected chi connectivity index (χ1v) is 10.4. The standard InChI is InChI=1S/C23H25N3O7/c1-4-12-5-7-14(8-6-12)26-22(29)18-19(25(11-17(24)27)33-21(18)23(26)30)13-9-15(31-2)20(28)16(10-13)32-3/h5-10,18-19,21,28H,4,11H2,1-3H3,(H2,24,27). The van der Waals surface area contributed by atoms with Crippen LogP contribution in [0, 0.1) is 5.92 Å². The van der Waals surface area contributed by atoms with Crippen LogP contribution in [0.15, 0.2) is 36.4 Å². The van der Waals surface area contributed by atoms with E-state index in [1.807, 2.05) is 19.1 Å². The van der Waals surface area contributed by atoms with Crippen molar-refractivity contribution < 1.29 is 33.8 Å². The zero-order valence-corrected chi connectivity index (χ0v) is 18.5. The van der Waals surface area contributed by atoms with Crippen molar-refractivity contribution >= 4 is 23.4 Å². The molecule has 2 fully saturated rings. The number of aromatic hydroxyl groups is 1. The van der Waals surface area contributed by atoms with Crippen molar-refractivity contribution in [2.45, 2.75) is 25.5 Å². The minimum atomic E-state index is -1.13. The second-order valence-corrected chi connectivity index (χ2v) is 7.84. The summed E-state index contributed by atoms with van der Waals surface area (Å²) in [7, 11) is 2.75. The lowest BCUT2D eigenvalue weighted by Crippen LogP contribution is -2.40. The van der Waals surface area contributed by atoms with Crippen LogP contribution in [-0.2, 0) is 25.6 Å². The van der Waals surface area contributed by atoms with Gasteiger partial charge in [-0.2, -0.15) is 5.06 Å². The quantitative estimate of drug-likeness (QED) is 0.598. The molecule has 0 saturated carbocycles. The zero-order chi connectivity index (χ0) is 23.9. The second-order valence-electron chi connectivity index (χ2n) is 7.84. The van der Waals surface area contributed by atoms with Crippen LogP contribution >= 0.6 is 0 Å². The summed E-state index contributed by atoms with van der Waals surface area (Å²) in [5.41, 5.74) is 7.36. The first-order valence-electron chi connectivity index (χ1n) is 10.4. The third-order valence-corrected chi connectivity index (χ3v) is 5.95. The Morgan fingerprint density at radius 2 is 1.70 bits per heavy atom. The van der Waals surface area contributed by atoms with E-state index < -0.39 is 35.8 Å². The van der Waals surface area contributed by atoms with Crippen LogP contribution in [0.4, 0.5) is 5.69 Å². The number of phenols is 1. The van der Waals surface area contributed by atoms with Crippen molar-refractivity contribution in [1.29, 1.82) is 0 Å². The van der Waals surface area contributed by atoms with E-state index in [2.05, 4.69) is 0 Å². The first-order chi connectivity index (χ1) is 15.8. The molecule has 0 radical (unpaired) electrons. The number of aryl methyl sites for hydroxylation is 1. The molecule has 2 aromatic rings. The van der Waals surface area contributed by atoms with Crippen LogP contribution in [0.2, 0.25) is 0 Å². The smallest absolute Gasteiger partial charge is 0.265 e. The number of hydrogen-bond acceptors (Lipinski definition) is 8. The molecule has 3 unspecified atom stereocenters. The fraction of sp³-hybridized carbons (Fsp3) is 0.348. The number of hydroxylamine groups is 2. The van der Waals surface area contributed by atoms with Crippen LogP contribution < -0.4 is 20.1 Å². The lowest BCUT2D eigenvalue weighted by molar-refractivity contribution is -0.175. The van der Waals surface area contributed by atoms with Gasteiger partial charge in [-0.3, -0.25) is 19.2 Å². The lowest BCUT2D eigenvalue weighted by atomic mass is 9.90. The molecule has 2 aliphatic heterocycles. The number of anilines is 1. The third kappa shape index (κ3) is 3.77. The number of phenolic OH excluding ortho intramolecular Hbond substituents is 1. The van der Waals surface area contributed by atoms with Crippen molar-refractivity contribution in [3.05, 3.63) is 47.5 Å². The molecule has 2 aliphatic rings. The molecule has 10 nitrogen and oxygen atoms in total. The summed E-state index contributed by atoms with van der Waals surface area (Å²) in [5.74, 6) is -2.62. The summed E-state index contributed by atoms with van der Waals surface area (Å²) in [6.45, 7) is 1.67. The molecule has 0 spiro atoms. The molecule has 4 rings (SSSR count). The Hall–Kier alpha value is -3.63. The predicted octanol–water partition coefficient (Wildman–Crippen LogP) is 1.30. The number of rotatable bonds is 7. The van der Waals surface area contributed by atoms with Gasteiger partial charge in [0.15, 0.2) is 17.6 Å². The summed E-state index contributed by atoms with van der Waals surface area (Å²) >= 11 is 0. The third-order valence-electron chi connectivity index (χ3n) is 5.95. The minimum Gasteiger partial charge on any atom is -0.502 e. The molecule has 3 atom stereocenters. The average Bonchev–Trinajstić information content (AvgIpc) is 3.28. The fourth-order valence-electron chi connectivity index (χ4n) is 4.35. The van der Waals surface area contributed by atoms with Crippen molar-refractivity contribution in [3.63, 3.8) is 0 Å². The maximum Gasteiger partial charge on any atom is 0.265 e. The number of methoxy groups -OCH3 is 2. The van der Waals surface area contributed by atoms with Gasteiger partial charge >= 0.3 is 0 Å². The van der Waals surface area contributed by atoms with E-state index >= 15 is 0 Å². The number of carbonyl (C=O) groups is 3. The maximum absolute atomic E-state index is 13.5. The summed E-state index contributed by atoms with van der Waals surface area (Å²) in [6, 6.07) is 9.34. The van der Waals surface area contributed by atoms with Crippen LogP contribution in [0.1, 0.15) is 24.1 Å². The molecule has 0 bridgehead atoms. The molecule has 3 amide bonds. The van der Waals surface area contributed by atoms with Gasteiger partial charge in [0.05, 0.1) is 31.9 Å². The van der Waals surface area contributed by atoms with Gasteiger partial charge in [0.1, 0.15) is 6.54 Å². The first kappa shape index (κ1) is 22.6. The average molecular weight is 455 g/mol. The van der Waals surface area contributed by atoms with E-state index in [-0.39, 0.29) is 23.8 Å². The number of ether oxygens (including phenoxy) is 2. The van der Waals surface area contributed by atoms with Gasteiger partial charge in [0.25, 0.3) is 5.91 Å². The van der Waals surface area contributed by atoms with E-state index in [1.54, 1.807) is 12.1 Å². The van der Waals surface area contributed by atoms with Gasteiger partial charge in [-0.05, 0) is 41.8 Å². The topological polar surface area (TPSA) is 132 Å². The Morgan fingerprint density at radius 1 is 1.09 bits per heavy atom. The van der Waals surface area contributed by atoms with E-state index in [9.17, 15) is 19.5 Å². The molecule has 2 saturated heterocycles. The monoisotopic (exact) mass is 455 g/mol. The fourth-order valence-corrected chi connectivity index (χ4v) is 4.35. The zero-order valence-electron chi connectivity index (χ0n) is 18.5. The number of carbonyl (C=O) groups excluding carboxylic acids is 3. The van der Waals surface area contributed by atoms with Crippen LogP contribution in [0.3, 0.4) is 0 Å². The number of fused-ring (bicyclic) bond motifs is 1. The number of hydrogen-bond donors (Lipinski definition) is 2. The Bertz CT molecular complexity index is 1080. The summed E-state index contributed by atoms with van der Waals surface area (Å²) in [6.07, 6.45) is -0.302. The van der Waals surface area contributed by atoms with E-state index in [1.165, 1.54) is 31.4 Å². The van der Waals surface area contributed by atoms with Gasteiger partial charge in [0.2, 0.25) is 17.6 Å². The Labute approximate surface area is 190 Å². The van der Waals surface area contributed by atoms with Crippen LogP contribution in [0.25, 0.3) is 0 Å². The number of nitrogens with two attached hydrogens (primary N) is 1. The van der Waals surface area contributed by atoms with E-state index in [4.69, 9.17) is 20.0 Å². The summed E-state index contributed by atoms with van der Waals surface area (Å²) in [4.78, 5) is 45.3. The van der Waals surface area contributed by atoms with Gasteiger partial charge < -0.3 is 20.3 Å². The van der Waals surface area contributed by atoms with Gasteiger partial charge in [-0.25, -0.2) is 4.90 Å². The molecule has 2 heterocycles. The Morgan fingerprint density at radius 3 is 2.21 bits per heavy atom. The largest absolute Gasteiger partial charge is 0.502 e. The molecule has 2 aromatic carbocycles. The van der Waals surface area contributed by atoms with E-state index in [0.717, 1.165) is 16.9 Å². The lowest BCUT2D eigenvalue weighted by Gasteiger charge is -2.27. The second kappa shape index (κ2) is 8.72. The highest BCUT2D eigenvalue weighted by molar-refractivity contribution is 6.23. The van der Waals surface area contributed by atoms with Crippen molar-refractivity contribution in [3.8, 4) is 17.2 Å². The van der Waals surface area contributed by atoms with Crippen LogP contribution in [0.5, 0.6) is 17.2 Å². The molecule has 174 valence electrons. The van der Waals surface area contributed by atoms with Gasteiger partial charge in [-0.1, -0.05) is 19.1 Å². The molecule has 33 heavy (non-hydrogen) atoms. The summed E-state index contributed by atoms with van der Waals surface area (Å²) in [5, 5.41) is 11.5. The molecule has 10 heteroatoms. The highest BCUT2D eigenvalue weighted by atomic mass is 16.7. The van der Waals surface area contributed by atoms with Crippen LogP contribution in [-0.4, -0.2) is 54.8 Å². The molecular weight excluding hydrogens is 430 g/mol. The SMILES string of the molecule is CCc1ccc(N2C(=O)C3ON(CC(N)=O)C(c4cc(OC)c(O)c(OC)c4)C3C2=O)cc1. The highest BCUT2D eigenvalue weighted by Crippen LogP contribution is 2.48. The van der Waals surface area contributed by atoms with Crippen molar-refractivity contribution in [2.24, 2.45) is 11.7 Å². The van der Waals surface area contributed by atoms with Gasteiger partial charge in [0, 0.05) is 0 Å². The van der Waals surface area contributed by atoms with Crippen molar-refractivity contribution in [1.82, 2.24) is 5.06 Å². The maximum atomic E-state index is 13.5. The Balaban J connectivity index is 1.77. The number of benzene rings is 2. The molecule has 0 aliphatic carbocycles. The highest BCUT2D eigenvalue weighted by Gasteiger charge is 2.60. The Kier molecular flexibility index (Phi) is 5.96. The normalized spacial score (nSPS) is 22.5. The molecule has 0 aromatic heterocycles. The molecular formula is C23H25N3O7. The van der Waals surface area contributed by atoms with Crippen molar-refractivity contribution in [2.75, 3.05) is 25.7 Å². The number of imide groups is 1. The number of nitrogens with zero attached hydrogens (tertiary/aromatic N) is 2. The number of primary amides is 1. The number of amides is 3. The summed E-state index contributed by atoms with van der Waals surface area (Å²) < 4.78 is 10.5. The van der Waals surface area contributed by atoms with E-state index in [0.29, 0.717) is 11.3 Å².